The highest BCUT2D eigenvalue weighted by atomic mass is 35.5. The lowest BCUT2D eigenvalue weighted by Crippen LogP contribution is -2.49. The van der Waals surface area contributed by atoms with Gasteiger partial charge in [0.1, 0.15) is 5.75 Å². The van der Waals surface area contributed by atoms with Crippen LogP contribution in [0, 0.1) is 29.6 Å². The minimum absolute atomic E-state index is 0.0136. The van der Waals surface area contributed by atoms with Gasteiger partial charge in [0, 0.05) is 29.1 Å². The third-order valence-corrected chi connectivity index (χ3v) is 12.3. The van der Waals surface area contributed by atoms with Gasteiger partial charge in [0.05, 0.1) is 18.0 Å². The summed E-state index contributed by atoms with van der Waals surface area (Å²) in [6.07, 6.45) is 12.0. The van der Waals surface area contributed by atoms with Gasteiger partial charge in [0.25, 0.3) is 5.91 Å². The van der Waals surface area contributed by atoms with Crippen molar-refractivity contribution in [2.75, 3.05) is 30.3 Å². The third-order valence-electron chi connectivity index (χ3n) is 10.7. The molecule has 2 heterocycles. The number of hydrogen-bond donors (Lipinski definition) is 1. The fraction of sp³-hybridized carbons (Fsp3) is 0.545. The Bertz CT molecular complexity index is 1510. The van der Waals surface area contributed by atoms with Crippen molar-refractivity contribution in [2.45, 2.75) is 57.3 Å². The van der Waals surface area contributed by atoms with E-state index in [0.29, 0.717) is 29.9 Å². The molecular weight excluding hydrogens is 556 g/mol. The summed E-state index contributed by atoms with van der Waals surface area (Å²) in [5, 5.41) is 0.766. The minimum atomic E-state index is -3.75. The summed E-state index contributed by atoms with van der Waals surface area (Å²) in [6, 6.07) is 11.7. The van der Waals surface area contributed by atoms with Crippen molar-refractivity contribution >= 4 is 33.2 Å². The van der Waals surface area contributed by atoms with Gasteiger partial charge < -0.3 is 9.64 Å². The Morgan fingerprint density at radius 1 is 1.05 bits per heavy atom. The van der Waals surface area contributed by atoms with E-state index in [0.717, 1.165) is 61.7 Å². The Morgan fingerprint density at radius 2 is 1.90 bits per heavy atom. The standard InChI is InChI=1S/C33H39ClN2O4S/c1-21-4-5-22-6-7-26(22)18-41(38,39)35-32(37)24-9-13-31-30(16-24)36(17-25-8-11-28(21)25)19-33(20-40-31)14-2-3-23-15-27(34)10-12-29(23)33/h4-5,9-10,12-13,15-16,21-22,25-26,28H,2-3,6-8,11,14,17-20H2,1H3,(H,35,37)/b5-4-/t21-,22+,25-,26-,28-,33-/m0/s1. The number of carbonyl (C=O) groups excluding carboxylic acids is 1. The van der Waals surface area contributed by atoms with Crippen LogP contribution in [0.3, 0.4) is 0 Å². The number of fused-ring (bicyclic) bond motifs is 5. The molecular formula is C33H39ClN2O4S. The van der Waals surface area contributed by atoms with Crippen LogP contribution in [0.5, 0.6) is 5.75 Å². The number of benzene rings is 2. The molecule has 0 radical (unpaired) electrons. The lowest BCUT2D eigenvalue weighted by molar-refractivity contribution is 0.0981. The zero-order valence-corrected chi connectivity index (χ0v) is 25.2. The summed E-state index contributed by atoms with van der Waals surface area (Å²) < 4.78 is 35.0. The number of allylic oxidation sites excluding steroid dienone is 2. The van der Waals surface area contributed by atoms with Gasteiger partial charge in [0.15, 0.2) is 0 Å². The molecule has 0 saturated heterocycles. The second kappa shape index (κ2) is 10.3. The van der Waals surface area contributed by atoms with E-state index in [4.69, 9.17) is 16.3 Å². The molecule has 2 fully saturated rings. The van der Waals surface area contributed by atoms with E-state index in [1.807, 2.05) is 18.2 Å². The molecule has 2 aromatic rings. The molecule has 5 aliphatic rings. The molecule has 2 aromatic carbocycles. The molecule has 8 heteroatoms. The van der Waals surface area contributed by atoms with Crippen molar-refractivity contribution in [3.8, 4) is 5.75 Å². The number of aryl methyl sites for hydroxylation is 1. The minimum Gasteiger partial charge on any atom is -0.490 e. The molecule has 0 aromatic heterocycles. The van der Waals surface area contributed by atoms with Gasteiger partial charge in [-0.25, -0.2) is 13.1 Å². The van der Waals surface area contributed by atoms with Crippen molar-refractivity contribution in [3.05, 3.63) is 70.3 Å². The maximum Gasteiger partial charge on any atom is 0.264 e. The smallest absolute Gasteiger partial charge is 0.264 e. The van der Waals surface area contributed by atoms with Crippen LogP contribution >= 0.6 is 11.6 Å². The van der Waals surface area contributed by atoms with Gasteiger partial charge in [-0.3, -0.25) is 4.79 Å². The van der Waals surface area contributed by atoms with E-state index in [9.17, 15) is 13.2 Å². The van der Waals surface area contributed by atoms with Gasteiger partial charge in [-0.15, -0.1) is 0 Å². The fourth-order valence-electron chi connectivity index (χ4n) is 8.09. The number of rotatable bonds is 0. The average molecular weight is 595 g/mol. The molecule has 0 unspecified atom stereocenters. The molecule has 41 heavy (non-hydrogen) atoms. The van der Waals surface area contributed by atoms with Gasteiger partial charge in [-0.05, 0) is 116 Å². The van der Waals surface area contributed by atoms with Crippen molar-refractivity contribution in [2.24, 2.45) is 29.6 Å². The number of amides is 1. The summed E-state index contributed by atoms with van der Waals surface area (Å²) >= 11 is 6.40. The predicted octanol–water partition coefficient (Wildman–Crippen LogP) is 6.13. The second-order valence-corrected chi connectivity index (χ2v) is 15.4. The monoisotopic (exact) mass is 594 g/mol. The first-order valence-corrected chi connectivity index (χ1v) is 17.3. The number of sulfonamides is 1. The number of anilines is 1. The number of halogens is 1. The summed E-state index contributed by atoms with van der Waals surface area (Å²) in [7, 11) is -3.75. The number of carbonyl (C=O) groups is 1. The molecule has 1 amide bonds. The van der Waals surface area contributed by atoms with E-state index in [-0.39, 0.29) is 23.0 Å². The number of nitrogens with one attached hydrogen (secondary N) is 1. The summed E-state index contributed by atoms with van der Waals surface area (Å²) in [5.74, 6) is 2.09. The molecule has 2 aliphatic heterocycles. The third kappa shape index (κ3) is 5.07. The van der Waals surface area contributed by atoms with Crippen LogP contribution < -0.4 is 14.4 Å². The molecule has 6 nitrogen and oxygen atoms in total. The highest BCUT2D eigenvalue weighted by Crippen LogP contribution is 2.48. The SMILES string of the molecule is C[C@H]1/C=C\[C@@H]2CC[C@H]2CS(=O)(=O)NC(=O)c2ccc3c(c2)N(C[C@@H]2CC[C@H]21)C[C@@]1(CCCc2cc(Cl)ccc21)CO3. The Labute approximate surface area is 248 Å². The van der Waals surface area contributed by atoms with Crippen molar-refractivity contribution in [1.29, 1.82) is 0 Å². The molecule has 218 valence electrons. The van der Waals surface area contributed by atoms with Gasteiger partial charge in [0.2, 0.25) is 10.0 Å². The quantitative estimate of drug-likeness (QED) is 0.371. The van der Waals surface area contributed by atoms with Crippen LogP contribution in [-0.2, 0) is 21.9 Å². The summed E-state index contributed by atoms with van der Waals surface area (Å²) in [4.78, 5) is 15.7. The van der Waals surface area contributed by atoms with Gasteiger partial charge in [-0.2, -0.15) is 0 Å². The largest absolute Gasteiger partial charge is 0.490 e. The Balaban J connectivity index is 1.29. The van der Waals surface area contributed by atoms with E-state index < -0.39 is 15.9 Å². The molecule has 2 saturated carbocycles. The first kappa shape index (κ1) is 27.3. The van der Waals surface area contributed by atoms with Crippen LogP contribution in [0.15, 0.2) is 48.6 Å². The number of nitrogens with zero attached hydrogens (tertiary/aromatic N) is 1. The average Bonchev–Trinajstić information content (AvgIpc) is 3.05. The normalized spacial score (nSPS) is 34.8. The molecule has 6 atom stereocenters. The maximum atomic E-state index is 13.3. The van der Waals surface area contributed by atoms with Crippen molar-refractivity contribution in [3.63, 3.8) is 0 Å². The lowest BCUT2D eigenvalue weighted by Gasteiger charge is -2.46. The molecule has 2 bridgehead atoms. The highest BCUT2D eigenvalue weighted by molar-refractivity contribution is 7.90. The highest BCUT2D eigenvalue weighted by Gasteiger charge is 2.44. The maximum absolute atomic E-state index is 13.3. The second-order valence-electron chi connectivity index (χ2n) is 13.2. The van der Waals surface area contributed by atoms with Crippen LogP contribution in [0.4, 0.5) is 5.69 Å². The van der Waals surface area contributed by atoms with Crippen LogP contribution in [0.2, 0.25) is 5.02 Å². The Kier molecular flexibility index (Phi) is 6.89. The number of ether oxygens (including phenoxy) is 1. The van der Waals surface area contributed by atoms with Gasteiger partial charge in [-0.1, -0.05) is 36.7 Å². The van der Waals surface area contributed by atoms with Crippen LogP contribution in [0.25, 0.3) is 0 Å². The molecule has 1 spiro atoms. The van der Waals surface area contributed by atoms with E-state index in [1.165, 1.54) is 24.0 Å². The Hall–Kier alpha value is -2.51. The van der Waals surface area contributed by atoms with Gasteiger partial charge >= 0.3 is 0 Å². The summed E-state index contributed by atoms with van der Waals surface area (Å²) in [6.45, 7) is 4.55. The lowest BCUT2D eigenvalue weighted by atomic mass is 9.66. The van der Waals surface area contributed by atoms with E-state index >= 15 is 0 Å². The Morgan fingerprint density at radius 3 is 2.68 bits per heavy atom. The summed E-state index contributed by atoms with van der Waals surface area (Å²) in [5.41, 5.74) is 3.66. The number of hydrogen-bond acceptors (Lipinski definition) is 5. The van der Waals surface area contributed by atoms with Crippen molar-refractivity contribution < 1.29 is 17.9 Å². The van der Waals surface area contributed by atoms with E-state index in [2.05, 4.69) is 40.8 Å². The van der Waals surface area contributed by atoms with Crippen molar-refractivity contribution in [1.82, 2.24) is 4.72 Å². The molecule has 1 N–H and O–H groups in total. The topological polar surface area (TPSA) is 75.7 Å². The first-order valence-electron chi connectivity index (χ1n) is 15.2. The molecule has 3 aliphatic carbocycles. The van der Waals surface area contributed by atoms with Crippen LogP contribution in [0.1, 0.15) is 66.9 Å². The predicted molar refractivity (Wildman–Crippen MR) is 162 cm³/mol. The van der Waals surface area contributed by atoms with Crippen LogP contribution in [-0.4, -0.2) is 39.8 Å². The zero-order chi connectivity index (χ0) is 28.4. The first-order chi connectivity index (χ1) is 19.7. The zero-order valence-electron chi connectivity index (χ0n) is 23.7. The van der Waals surface area contributed by atoms with E-state index in [1.54, 1.807) is 6.07 Å². The molecule has 7 rings (SSSR count). The fourth-order valence-corrected chi connectivity index (χ4v) is 9.75.